The lowest BCUT2D eigenvalue weighted by Gasteiger charge is -2.28. The Morgan fingerprint density at radius 2 is 2.24 bits per heavy atom. The molecule has 2 N–H and O–H groups in total. The fraction of sp³-hybridized carbons (Fsp3) is 0.571. The summed E-state index contributed by atoms with van der Waals surface area (Å²) < 4.78 is 6.50. The molecule has 2 rings (SSSR count). The maximum absolute atomic E-state index is 6.24. The zero-order valence-corrected chi connectivity index (χ0v) is 11.9. The molecule has 1 aromatic carbocycles. The molecule has 94 valence electrons. The molecule has 3 heteroatoms. The Balaban J connectivity index is 2.02. The van der Waals surface area contributed by atoms with Gasteiger partial charge in [0.1, 0.15) is 5.75 Å². The number of ether oxygens (including phenoxy) is 1. The summed E-state index contributed by atoms with van der Waals surface area (Å²) in [5.74, 6) is 1.74. The summed E-state index contributed by atoms with van der Waals surface area (Å²) in [6, 6.07) is 6.34. The van der Waals surface area contributed by atoms with Gasteiger partial charge in [-0.1, -0.05) is 25.3 Å². The van der Waals surface area contributed by atoms with Crippen molar-refractivity contribution in [2.75, 3.05) is 6.61 Å². The van der Waals surface area contributed by atoms with Crippen LogP contribution in [0, 0.1) is 5.92 Å². The highest BCUT2D eigenvalue weighted by Crippen LogP contribution is 2.35. The molecule has 0 spiro atoms. The second-order valence-corrected chi connectivity index (χ2v) is 5.62. The summed E-state index contributed by atoms with van der Waals surface area (Å²) in [5.41, 5.74) is 7.44. The predicted molar refractivity (Wildman–Crippen MR) is 74.2 cm³/mol. The van der Waals surface area contributed by atoms with Gasteiger partial charge in [0.2, 0.25) is 0 Å². The van der Waals surface area contributed by atoms with Gasteiger partial charge in [-0.15, -0.1) is 0 Å². The molecule has 17 heavy (non-hydrogen) atoms. The van der Waals surface area contributed by atoms with Gasteiger partial charge in [0, 0.05) is 6.04 Å². The first kappa shape index (κ1) is 12.9. The second kappa shape index (κ2) is 5.87. The van der Waals surface area contributed by atoms with E-state index in [0.29, 0.717) is 6.61 Å². The standard InChI is InChI=1S/C14H20BrNO/c1-2-17-14-7-6-11(9-12(14)15)13(16)8-10-4-3-5-10/h6-7,9-10,13H,2-5,8,16H2,1H3. The minimum Gasteiger partial charge on any atom is -0.493 e. The third-order valence-electron chi connectivity index (χ3n) is 3.50. The monoisotopic (exact) mass is 297 g/mol. The van der Waals surface area contributed by atoms with Crippen LogP contribution in [0.4, 0.5) is 0 Å². The Morgan fingerprint density at radius 3 is 2.76 bits per heavy atom. The highest BCUT2D eigenvalue weighted by molar-refractivity contribution is 9.10. The molecule has 0 radical (unpaired) electrons. The van der Waals surface area contributed by atoms with Crippen molar-refractivity contribution >= 4 is 15.9 Å². The van der Waals surface area contributed by atoms with Gasteiger partial charge in [-0.05, 0) is 52.9 Å². The van der Waals surface area contributed by atoms with Gasteiger partial charge in [-0.3, -0.25) is 0 Å². The molecule has 0 aliphatic heterocycles. The van der Waals surface area contributed by atoms with E-state index >= 15 is 0 Å². The number of benzene rings is 1. The fourth-order valence-corrected chi connectivity index (χ4v) is 2.75. The highest BCUT2D eigenvalue weighted by atomic mass is 79.9. The van der Waals surface area contributed by atoms with E-state index in [4.69, 9.17) is 10.5 Å². The summed E-state index contributed by atoms with van der Waals surface area (Å²) in [7, 11) is 0. The quantitative estimate of drug-likeness (QED) is 0.890. The summed E-state index contributed by atoms with van der Waals surface area (Å²) >= 11 is 3.53. The average molecular weight is 298 g/mol. The van der Waals surface area contributed by atoms with Gasteiger partial charge in [0.05, 0.1) is 11.1 Å². The summed E-state index contributed by atoms with van der Waals surface area (Å²) in [6.07, 6.45) is 5.20. The van der Waals surface area contributed by atoms with Crippen molar-refractivity contribution in [1.82, 2.24) is 0 Å². The maximum atomic E-state index is 6.24. The van der Waals surface area contributed by atoms with Gasteiger partial charge in [-0.2, -0.15) is 0 Å². The first-order valence-corrected chi connectivity index (χ1v) is 7.17. The molecule has 1 aliphatic rings. The number of hydrogen-bond donors (Lipinski definition) is 1. The summed E-state index contributed by atoms with van der Waals surface area (Å²) in [5, 5.41) is 0. The van der Waals surface area contributed by atoms with Crippen molar-refractivity contribution in [3.8, 4) is 5.75 Å². The zero-order chi connectivity index (χ0) is 12.3. The van der Waals surface area contributed by atoms with Crippen LogP contribution in [0.3, 0.4) is 0 Å². The molecule has 1 aromatic rings. The van der Waals surface area contributed by atoms with Gasteiger partial charge in [0.25, 0.3) is 0 Å². The lowest BCUT2D eigenvalue weighted by atomic mass is 9.80. The van der Waals surface area contributed by atoms with Crippen LogP contribution in [0.1, 0.15) is 44.2 Å². The number of halogens is 1. The largest absolute Gasteiger partial charge is 0.493 e. The molecule has 1 aliphatic carbocycles. The second-order valence-electron chi connectivity index (χ2n) is 4.76. The van der Waals surface area contributed by atoms with Crippen molar-refractivity contribution < 1.29 is 4.74 Å². The van der Waals surface area contributed by atoms with Crippen LogP contribution in [0.5, 0.6) is 5.75 Å². The minimum atomic E-state index is 0.160. The Labute approximate surface area is 112 Å². The number of nitrogens with two attached hydrogens (primary N) is 1. The first-order valence-electron chi connectivity index (χ1n) is 6.38. The van der Waals surface area contributed by atoms with Crippen LogP contribution in [-0.4, -0.2) is 6.61 Å². The van der Waals surface area contributed by atoms with E-state index in [1.54, 1.807) is 0 Å². The summed E-state index contributed by atoms with van der Waals surface area (Å²) in [4.78, 5) is 0. The SMILES string of the molecule is CCOc1ccc(C(N)CC2CCC2)cc1Br. The first-order chi connectivity index (χ1) is 8.20. The van der Waals surface area contributed by atoms with E-state index in [1.165, 1.54) is 24.8 Å². The Morgan fingerprint density at radius 1 is 1.47 bits per heavy atom. The molecule has 0 aromatic heterocycles. The van der Waals surface area contributed by atoms with Crippen LogP contribution >= 0.6 is 15.9 Å². The number of rotatable bonds is 5. The third-order valence-corrected chi connectivity index (χ3v) is 4.12. The molecular weight excluding hydrogens is 278 g/mol. The maximum Gasteiger partial charge on any atom is 0.133 e. The molecule has 2 nitrogen and oxygen atoms in total. The molecule has 0 heterocycles. The van der Waals surface area contributed by atoms with Gasteiger partial charge in [0.15, 0.2) is 0 Å². The third kappa shape index (κ3) is 3.23. The molecule has 0 amide bonds. The molecule has 1 saturated carbocycles. The van der Waals surface area contributed by atoms with Crippen molar-refractivity contribution in [2.45, 2.75) is 38.6 Å². The van der Waals surface area contributed by atoms with Crippen molar-refractivity contribution in [3.63, 3.8) is 0 Å². The average Bonchev–Trinajstić information content (AvgIpc) is 2.26. The van der Waals surface area contributed by atoms with Crippen molar-refractivity contribution in [1.29, 1.82) is 0 Å². The van der Waals surface area contributed by atoms with Gasteiger partial charge >= 0.3 is 0 Å². The van der Waals surface area contributed by atoms with Crippen LogP contribution in [0.2, 0.25) is 0 Å². The summed E-state index contributed by atoms with van der Waals surface area (Å²) in [6.45, 7) is 2.68. The Bertz CT molecular complexity index is 376. The van der Waals surface area contributed by atoms with Crippen molar-refractivity contribution in [3.05, 3.63) is 28.2 Å². The van der Waals surface area contributed by atoms with E-state index < -0.39 is 0 Å². The molecule has 1 fully saturated rings. The van der Waals surface area contributed by atoms with E-state index in [2.05, 4.69) is 28.1 Å². The predicted octanol–water partition coefficient (Wildman–Crippen LogP) is 4.04. The van der Waals surface area contributed by atoms with E-state index in [0.717, 1.165) is 22.6 Å². The number of hydrogen-bond acceptors (Lipinski definition) is 2. The van der Waals surface area contributed by atoms with E-state index in [1.807, 2.05) is 13.0 Å². The lowest BCUT2D eigenvalue weighted by molar-refractivity contribution is 0.277. The van der Waals surface area contributed by atoms with Gasteiger partial charge in [-0.25, -0.2) is 0 Å². The molecule has 1 atom stereocenters. The molecule has 1 unspecified atom stereocenters. The highest BCUT2D eigenvalue weighted by Gasteiger charge is 2.21. The molecule has 0 bridgehead atoms. The van der Waals surface area contributed by atoms with Crippen LogP contribution in [0.15, 0.2) is 22.7 Å². The minimum absolute atomic E-state index is 0.160. The Hall–Kier alpha value is -0.540. The zero-order valence-electron chi connectivity index (χ0n) is 10.3. The molecular formula is C14H20BrNO. The van der Waals surface area contributed by atoms with Gasteiger partial charge < -0.3 is 10.5 Å². The fourth-order valence-electron chi connectivity index (χ4n) is 2.24. The van der Waals surface area contributed by atoms with E-state index in [9.17, 15) is 0 Å². The normalized spacial score (nSPS) is 17.6. The van der Waals surface area contributed by atoms with Crippen LogP contribution < -0.4 is 10.5 Å². The lowest BCUT2D eigenvalue weighted by Crippen LogP contribution is -2.20. The van der Waals surface area contributed by atoms with Crippen molar-refractivity contribution in [2.24, 2.45) is 11.7 Å². The Kier molecular flexibility index (Phi) is 4.46. The van der Waals surface area contributed by atoms with Crippen LogP contribution in [-0.2, 0) is 0 Å². The smallest absolute Gasteiger partial charge is 0.133 e. The van der Waals surface area contributed by atoms with Crippen LogP contribution in [0.25, 0.3) is 0 Å². The topological polar surface area (TPSA) is 35.2 Å². The molecule has 0 saturated heterocycles. The van der Waals surface area contributed by atoms with E-state index in [-0.39, 0.29) is 6.04 Å².